The number of likely N-dealkylation sites (N-methyl/N-ethyl adjacent to an activating group) is 1. The second-order valence-electron chi connectivity index (χ2n) is 5.63. The van der Waals surface area contributed by atoms with Crippen LogP contribution in [0.15, 0.2) is 24.3 Å². The summed E-state index contributed by atoms with van der Waals surface area (Å²) in [6.07, 6.45) is -0.0165. The topological polar surface area (TPSA) is 64.6 Å². The first kappa shape index (κ1) is 15.9. The zero-order chi connectivity index (χ0) is 15.4. The largest absolute Gasteiger partial charge is 0.392 e. The number of hydrogen-bond donors (Lipinski definition) is 3. The van der Waals surface area contributed by atoms with Crippen LogP contribution in [0, 0.1) is 5.82 Å². The van der Waals surface area contributed by atoms with Crippen molar-refractivity contribution in [2.75, 3.05) is 27.2 Å². The third-order valence-corrected chi connectivity index (χ3v) is 3.77. The first-order chi connectivity index (χ1) is 9.97. The van der Waals surface area contributed by atoms with Gasteiger partial charge in [-0.25, -0.2) is 4.39 Å². The summed E-state index contributed by atoms with van der Waals surface area (Å²) >= 11 is 0. The lowest BCUT2D eigenvalue weighted by Crippen LogP contribution is -2.43. The third-order valence-electron chi connectivity index (χ3n) is 3.77. The van der Waals surface area contributed by atoms with E-state index in [9.17, 15) is 14.3 Å². The summed E-state index contributed by atoms with van der Waals surface area (Å²) in [6, 6.07) is 5.93. The molecule has 5 nitrogen and oxygen atoms in total. The summed E-state index contributed by atoms with van der Waals surface area (Å²) in [7, 11) is 3.83. The molecule has 0 spiro atoms. The third kappa shape index (κ3) is 4.23. The molecule has 0 aliphatic carbocycles. The Hall–Kier alpha value is -1.50. The van der Waals surface area contributed by atoms with Crippen LogP contribution in [0.4, 0.5) is 4.39 Å². The maximum absolute atomic E-state index is 13.0. The number of carbonyl (C=O) groups excluding carboxylic acids is 1. The van der Waals surface area contributed by atoms with E-state index in [1.807, 2.05) is 19.0 Å². The number of aliphatic hydroxyl groups excluding tert-OH is 1. The fraction of sp³-hybridized carbons (Fsp3) is 0.533. The maximum atomic E-state index is 13.0. The highest BCUT2D eigenvalue weighted by Crippen LogP contribution is 2.18. The number of halogens is 1. The number of nitrogens with one attached hydrogen (secondary N) is 2. The van der Waals surface area contributed by atoms with E-state index in [4.69, 9.17) is 0 Å². The fourth-order valence-electron chi connectivity index (χ4n) is 2.52. The number of benzene rings is 1. The minimum Gasteiger partial charge on any atom is -0.392 e. The van der Waals surface area contributed by atoms with E-state index in [1.165, 1.54) is 12.1 Å². The van der Waals surface area contributed by atoms with Crippen molar-refractivity contribution in [3.05, 3.63) is 35.6 Å². The molecule has 0 saturated carbocycles. The Balaban J connectivity index is 1.94. The summed E-state index contributed by atoms with van der Waals surface area (Å²) in [5, 5.41) is 15.3. The molecule has 3 N–H and O–H groups in total. The van der Waals surface area contributed by atoms with Gasteiger partial charge in [-0.1, -0.05) is 12.1 Å². The summed E-state index contributed by atoms with van der Waals surface area (Å²) in [5.74, 6) is -0.384. The molecule has 0 aromatic heterocycles. The summed E-state index contributed by atoms with van der Waals surface area (Å²) in [4.78, 5) is 14.0. The van der Waals surface area contributed by atoms with Crippen LogP contribution in [0.25, 0.3) is 0 Å². The summed E-state index contributed by atoms with van der Waals surface area (Å²) < 4.78 is 13.0. The van der Waals surface area contributed by atoms with Crippen molar-refractivity contribution >= 4 is 5.91 Å². The molecule has 6 heteroatoms. The highest BCUT2D eigenvalue weighted by Gasteiger charge is 2.28. The van der Waals surface area contributed by atoms with Crippen LogP contribution in [0.2, 0.25) is 0 Å². The molecular formula is C15H22FN3O2. The number of hydrogen-bond acceptors (Lipinski definition) is 4. The molecule has 1 saturated heterocycles. The lowest BCUT2D eigenvalue weighted by molar-refractivity contribution is -0.123. The van der Waals surface area contributed by atoms with Crippen molar-refractivity contribution in [3.8, 4) is 0 Å². The number of nitrogens with zero attached hydrogens (tertiary/aromatic N) is 1. The molecule has 3 atom stereocenters. The Morgan fingerprint density at radius 2 is 2.14 bits per heavy atom. The van der Waals surface area contributed by atoms with Gasteiger partial charge in [-0.15, -0.1) is 0 Å². The van der Waals surface area contributed by atoms with Crippen LogP contribution in [0.5, 0.6) is 0 Å². The molecule has 0 radical (unpaired) electrons. The smallest absolute Gasteiger partial charge is 0.237 e. The van der Waals surface area contributed by atoms with Gasteiger partial charge in [-0.3, -0.25) is 4.79 Å². The number of β-amino-alcohol motifs (C(OH)–C–C–N with tert-alkyl or cyclic N) is 1. The van der Waals surface area contributed by atoms with Crippen LogP contribution in [0.1, 0.15) is 18.0 Å². The Bertz CT molecular complexity index is 478. The molecule has 1 aromatic rings. The minimum atomic E-state index is -0.456. The van der Waals surface area contributed by atoms with E-state index in [0.29, 0.717) is 19.5 Å². The van der Waals surface area contributed by atoms with Gasteiger partial charge in [-0.2, -0.15) is 0 Å². The van der Waals surface area contributed by atoms with Gasteiger partial charge in [0.15, 0.2) is 0 Å². The molecule has 0 bridgehead atoms. The summed E-state index contributed by atoms with van der Waals surface area (Å²) in [5.41, 5.74) is 0.945. The minimum absolute atomic E-state index is 0.0270. The van der Waals surface area contributed by atoms with E-state index < -0.39 is 6.10 Å². The first-order valence-electron chi connectivity index (χ1n) is 7.08. The molecular weight excluding hydrogens is 273 g/mol. The molecule has 1 fully saturated rings. The van der Waals surface area contributed by atoms with Gasteiger partial charge in [0.25, 0.3) is 0 Å². The second-order valence-corrected chi connectivity index (χ2v) is 5.63. The van der Waals surface area contributed by atoms with E-state index >= 15 is 0 Å². The molecule has 2 rings (SSSR count). The molecule has 1 heterocycles. The van der Waals surface area contributed by atoms with Crippen LogP contribution >= 0.6 is 0 Å². The van der Waals surface area contributed by atoms with Gasteiger partial charge in [-0.05, 0) is 38.2 Å². The van der Waals surface area contributed by atoms with Crippen LogP contribution in [0.3, 0.4) is 0 Å². The highest BCUT2D eigenvalue weighted by atomic mass is 19.1. The van der Waals surface area contributed by atoms with Crippen molar-refractivity contribution in [1.82, 2.24) is 15.5 Å². The Morgan fingerprint density at radius 1 is 1.48 bits per heavy atom. The second kappa shape index (κ2) is 6.98. The maximum Gasteiger partial charge on any atom is 0.237 e. The predicted molar refractivity (Wildman–Crippen MR) is 78.3 cm³/mol. The van der Waals surface area contributed by atoms with Gasteiger partial charge in [0, 0.05) is 13.1 Å². The predicted octanol–water partition coefficient (Wildman–Crippen LogP) is 0.267. The fourth-order valence-corrected chi connectivity index (χ4v) is 2.52. The molecule has 116 valence electrons. The average molecular weight is 295 g/mol. The van der Waals surface area contributed by atoms with Crippen molar-refractivity contribution in [3.63, 3.8) is 0 Å². The highest BCUT2D eigenvalue weighted by molar-refractivity contribution is 5.82. The molecule has 1 amide bonds. The van der Waals surface area contributed by atoms with Crippen LogP contribution in [-0.2, 0) is 4.79 Å². The Morgan fingerprint density at radius 3 is 2.67 bits per heavy atom. The normalized spacial score (nSPS) is 23.3. The lowest BCUT2D eigenvalue weighted by atomic mass is 10.1. The van der Waals surface area contributed by atoms with E-state index in [2.05, 4.69) is 10.6 Å². The quantitative estimate of drug-likeness (QED) is 0.729. The van der Waals surface area contributed by atoms with E-state index in [0.717, 1.165) is 5.56 Å². The van der Waals surface area contributed by atoms with Gasteiger partial charge >= 0.3 is 0 Å². The van der Waals surface area contributed by atoms with Crippen LogP contribution in [-0.4, -0.2) is 55.2 Å². The average Bonchev–Trinajstić information content (AvgIpc) is 2.87. The number of rotatable bonds is 5. The Labute approximate surface area is 124 Å². The van der Waals surface area contributed by atoms with Crippen molar-refractivity contribution < 1.29 is 14.3 Å². The van der Waals surface area contributed by atoms with Gasteiger partial charge in [0.1, 0.15) is 5.82 Å². The number of carbonyl (C=O) groups is 1. The zero-order valence-corrected chi connectivity index (χ0v) is 12.3. The van der Waals surface area contributed by atoms with Crippen LogP contribution < -0.4 is 10.6 Å². The van der Waals surface area contributed by atoms with Gasteiger partial charge in [0.2, 0.25) is 5.91 Å². The van der Waals surface area contributed by atoms with E-state index in [1.54, 1.807) is 12.1 Å². The molecule has 0 unspecified atom stereocenters. The van der Waals surface area contributed by atoms with Crippen molar-refractivity contribution in [2.24, 2.45) is 0 Å². The molecule has 1 aromatic carbocycles. The van der Waals surface area contributed by atoms with Gasteiger partial charge < -0.3 is 20.6 Å². The van der Waals surface area contributed by atoms with Crippen molar-refractivity contribution in [1.29, 1.82) is 0 Å². The van der Waals surface area contributed by atoms with Crippen molar-refractivity contribution in [2.45, 2.75) is 24.6 Å². The lowest BCUT2D eigenvalue weighted by Gasteiger charge is -2.25. The van der Waals surface area contributed by atoms with Gasteiger partial charge in [0.05, 0.1) is 18.2 Å². The SMILES string of the molecule is CN(C)[C@H](CNC(=O)[C@H]1C[C@@H](O)CN1)c1ccc(F)cc1. The number of aliphatic hydroxyl groups is 1. The molecule has 1 aliphatic heterocycles. The zero-order valence-electron chi connectivity index (χ0n) is 12.3. The first-order valence-corrected chi connectivity index (χ1v) is 7.08. The monoisotopic (exact) mass is 295 g/mol. The summed E-state index contributed by atoms with van der Waals surface area (Å²) in [6.45, 7) is 0.888. The Kier molecular flexibility index (Phi) is 5.27. The molecule has 21 heavy (non-hydrogen) atoms. The number of amides is 1. The molecule has 1 aliphatic rings. The van der Waals surface area contributed by atoms with E-state index in [-0.39, 0.29) is 23.8 Å². The standard InChI is InChI=1S/C15H22FN3O2/c1-19(2)14(10-3-5-11(16)6-4-10)9-18-15(21)13-7-12(20)8-17-13/h3-6,12-14,17,20H,7-9H2,1-2H3,(H,18,21)/t12-,13-,14-/m1/s1.